The summed E-state index contributed by atoms with van der Waals surface area (Å²) in [5.74, 6) is 1.22. The lowest BCUT2D eigenvalue weighted by Crippen LogP contribution is -2.38. The Hall–Kier alpha value is -2.88. The van der Waals surface area contributed by atoms with E-state index in [2.05, 4.69) is 24.5 Å². The molecule has 2 N–H and O–H groups in total. The van der Waals surface area contributed by atoms with Crippen LogP contribution >= 0.6 is 0 Å². The predicted molar refractivity (Wildman–Crippen MR) is 149 cm³/mol. The number of hydrogen-bond donors (Lipinski definition) is 2. The van der Waals surface area contributed by atoms with Gasteiger partial charge in [0.1, 0.15) is 0 Å². The molecule has 0 aromatic heterocycles. The molecule has 0 aliphatic heterocycles. The number of amides is 2. The van der Waals surface area contributed by atoms with E-state index in [1.165, 1.54) is 64.2 Å². The Labute approximate surface area is 217 Å². The molecule has 2 aromatic rings. The first-order valence-corrected chi connectivity index (χ1v) is 14.0. The molecule has 2 aliphatic rings. The first-order valence-electron chi connectivity index (χ1n) is 14.0. The van der Waals surface area contributed by atoms with Gasteiger partial charge in [0.25, 0.3) is 11.8 Å². The molecule has 0 bridgehead atoms. The van der Waals surface area contributed by atoms with Gasteiger partial charge in [0.2, 0.25) is 0 Å². The van der Waals surface area contributed by atoms with Crippen molar-refractivity contribution in [1.29, 1.82) is 0 Å². The summed E-state index contributed by atoms with van der Waals surface area (Å²) in [6.45, 7) is 4.27. The molecule has 4 nitrogen and oxygen atoms in total. The highest BCUT2D eigenvalue weighted by Crippen LogP contribution is 2.27. The van der Waals surface area contributed by atoms with Gasteiger partial charge in [-0.25, -0.2) is 0 Å². The number of carbonyl (C=O) groups excluding carboxylic acids is 2. The van der Waals surface area contributed by atoms with Gasteiger partial charge in [-0.2, -0.15) is 0 Å². The molecule has 0 spiro atoms. The minimum absolute atomic E-state index is 0.00951. The van der Waals surface area contributed by atoms with Crippen molar-refractivity contribution in [3.05, 3.63) is 70.8 Å². The van der Waals surface area contributed by atoms with Crippen LogP contribution in [0.3, 0.4) is 0 Å². The monoisotopic (exact) mass is 486 g/mol. The van der Waals surface area contributed by atoms with E-state index >= 15 is 0 Å². The number of benzene rings is 2. The third-order valence-corrected chi connectivity index (χ3v) is 8.25. The zero-order valence-electron chi connectivity index (χ0n) is 22.0. The van der Waals surface area contributed by atoms with Crippen molar-refractivity contribution < 1.29 is 9.59 Å². The molecule has 2 aliphatic carbocycles. The molecule has 4 rings (SSSR count). The van der Waals surface area contributed by atoms with E-state index in [1.54, 1.807) is 0 Å². The second-order valence-electron chi connectivity index (χ2n) is 10.9. The number of hydrogen-bond acceptors (Lipinski definition) is 2. The summed E-state index contributed by atoms with van der Waals surface area (Å²) in [6.07, 6.45) is 16.7. The second kappa shape index (κ2) is 12.9. The first kappa shape index (κ1) is 26.2. The van der Waals surface area contributed by atoms with E-state index in [4.69, 9.17) is 0 Å². The minimum atomic E-state index is 0.00951. The van der Waals surface area contributed by atoms with Crippen molar-refractivity contribution in [2.24, 2.45) is 11.8 Å². The van der Waals surface area contributed by atoms with E-state index in [0.29, 0.717) is 23.0 Å². The van der Waals surface area contributed by atoms with Crippen molar-refractivity contribution in [3.8, 4) is 0 Å². The molecule has 2 fully saturated rings. The fraction of sp³-hybridized carbons (Fsp3) is 0.500. The fourth-order valence-corrected chi connectivity index (χ4v) is 5.77. The van der Waals surface area contributed by atoms with Crippen LogP contribution in [0.4, 0.5) is 0 Å². The van der Waals surface area contributed by atoms with Crippen LogP contribution in [0.1, 0.15) is 110 Å². The van der Waals surface area contributed by atoms with Crippen LogP contribution < -0.4 is 10.6 Å². The van der Waals surface area contributed by atoms with Gasteiger partial charge in [-0.3, -0.25) is 9.59 Å². The van der Waals surface area contributed by atoms with E-state index in [1.807, 2.05) is 60.7 Å². The third-order valence-electron chi connectivity index (χ3n) is 8.25. The highest BCUT2D eigenvalue weighted by atomic mass is 16.2. The van der Waals surface area contributed by atoms with Crippen LogP contribution in [0.2, 0.25) is 0 Å². The Morgan fingerprint density at radius 2 is 0.944 bits per heavy atom. The Balaban J connectivity index is 1.27. The van der Waals surface area contributed by atoms with Crippen LogP contribution in [0.5, 0.6) is 0 Å². The lowest BCUT2D eigenvalue weighted by molar-refractivity contribution is 0.0911. The molecule has 4 heteroatoms. The normalized spacial score (nSPS) is 19.1. The highest BCUT2D eigenvalue weighted by molar-refractivity contribution is 5.95. The molecule has 192 valence electrons. The van der Waals surface area contributed by atoms with Crippen molar-refractivity contribution in [2.75, 3.05) is 0 Å². The summed E-state index contributed by atoms with van der Waals surface area (Å²) >= 11 is 0. The van der Waals surface area contributed by atoms with Gasteiger partial charge in [0.15, 0.2) is 0 Å². The largest absolute Gasteiger partial charge is 0.349 e. The average molecular weight is 487 g/mol. The minimum Gasteiger partial charge on any atom is -0.349 e. The molecule has 2 saturated carbocycles. The maximum atomic E-state index is 12.7. The van der Waals surface area contributed by atoms with Gasteiger partial charge in [0, 0.05) is 23.2 Å². The van der Waals surface area contributed by atoms with Crippen LogP contribution in [0.25, 0.3) is 12.2 Å². The fourth-order valence-electron chi connectivity index (χ4n) is 5.77. The molecular formula is C32H42N2O2. The summed E-state index contributed by atoms with van der Waals surface area (Å²) in [7, 11) is 0. The van der Waals surface area contributed by atoms with Gasteiger partial charge < -0.3 is 10.6 Å². The van der Waals surface area contributed by atoms with E-state index in [9.17, 15) is 9.59 Å². The molecule has 0 saturated heterocycles. The van der Waals surface area contributed by atoms with Crippen LogP contribution in [0, 0.1) is 11.8 Å². The average Bonchev–Trinajstić information content (AvgIpc) is 2.93. The van der Waals surface area contributed by atoms with Crippen LogP contribution in [-0.2, 0) is 0 Å². The van der Waals surface area contributed by atoms with E-state index in [-0.39, 0.29) is 23.9 Å². The van der Waals surface area contributed by atoms with Gasteiger partial charge in [-0.15, -0.1) is 0 Å². The standard InChI is InChI=1S/C32H42N2O2/c1-23(27-9-5-3-6-10-27)33-31(35)29-19-15-25(16-20-29)13-14-26-17-21-30(22-18-26)32(36)34-24(2)28-11-7-4-8-12-28/h13-24,27-28H,3-12H2,1-2H3,(H,33,35)(H,34,36)/b14-13+/t23-,24-/m0/s1. The van der Waals surface area contributed by atoms with Gasteiger partial charge in [0.05, 0.1) is 0 Å². The van der Waals surface area contributed by atoms with E-state index in [0.717, 1.165) is 11.1 Å². The Bertz CT molecular complexity index is 930. The maximum absolute atomic E-state index is 12.7. The van der Waals surface area contributed by atoms with E-state index < -0.39 is 0 Å². The smallest absolute Gasteiger partial charge is 0.251 e. The Morgan fingerprint density at radius 1 is 0.611 bits per heavy atom. The molecule has 2 aromatic carbocycles. The van der Waals surface area contributed by atoms with Gasteiger partial charge >= 0.3 is 0 Å². The summed E-state index contributed by atoms with van der Waals surface area (Å²) in [6, 6.07) is 15.9. The number of rotatable bonds is 8. The molecule has 0 unspecified atom stereocenters. The molecule has 2 atom stereocenters. The molecule has 0 radical (unpaired) electrons. The molecular weight excluding hydrogens is 444 g/mol. The number of nitrogens with one attached hydrogen (secondary N) is 2. The van der Waals surface area contributed by atoms with Gasteiger partial charge in [-0.05, 0) is 86.8 Å². The molecule has 36 heavy (non-hydrogen) atoms. The summed E-state index contributed by atoms with van der Waals surface area (Å²) in [5, 5.41) is 6.40. The Kier molecular flexibility index (Phi) is 9.38. The third kappa shape index (κ3) is 7.32. The highest BCUT2D eigenvalue weighted by Gasteiger charge is 2.23. The summed E-state index contributed by atoms with van der Waals surface area (Å²) in [4.78, 5) is 25.3. The zero-order chi connectivity index (χ0) is 25.3. The summed E-state index contributed by atoms with van der Waals surface area (Å²) in [5.41, 5.74) is 3.48. The molecule has 2 amide bonds. The van der Waals surface area contributed by atoms with Gasteiger partial charge in [-0.1, -0.05) is 74.9 Å². The first-order chi connectivity index (χ1) is 17.5. The Morgan fingerprint density at radius 3 is 1.28 bits per heavy atom. The van der Waals surface area contributed by atoms with Crippen molar-refractivity contribution in [1.82, 2.24) is 10.6 Å². The quantitative estimate of drug-likeness (QED) is 0.386. The van der Waals surface area contributed by atoms with Crippen LogP contribution in [0.15, 0.2) is 48.5 Å². The van der Waals surface area contributed by atoms with Crippen molar-refractivity contribution in [3.63, 3.8) is 0 Å². The molecule has 0 heterocycles. The SMILES string of the molecule is C[C@H](NC(=O)c1ccc(/C=C/c2ccc(C(=O)N[C@@H](C)C3CCCCC3)cc2)cc1)C1CCCCC1. The summed E-state index contributed by atoms with van der Waals surface area (Å²) < 4.78 is 0. The maximum Gasteiger partial charge on any atom is 0.251 e. The lowest BCUT2D eigenvalue weighted by atomic mass is 9.84. The lowest BCUT2D eigenvalue weighted by Gasteiger charge is -2.28. The van der Waals surface area contributed by atoms with Crippen molar-refractivity contribution in [2.45, 2.75) is 90.1 Å². The zero-order valence-corrected chi connectivity index (χ0v) is 22.0. The van der Waals surface area contributed by atoms with Crippen molar-refractivity contribution >= 4 is 24.0 Å². The second-order valence-corrected chi connectivity index (χ2v) is 10.9. The number of carbonyl (C=O) groups is 2. The predicted octanol–water partition coefficient (Wildman–Crippen LogP) is 7.25. The topological polar surface area (TPSA) is 58.2 Å². The van der Waals surface area contributed by atoms with Crippen LogP contribution in [-0.4, -0.2) is 23.9 Å².